The Morgan fingerprint density at radius 3 is 2.42 bits per heavy atom. The lowest BCUT2D eigenvalue weighted by Crippen LogP contribution is -2.41. The maximum Gasteiger partial charge on any atom is 0.0794 e. The monoisotopic (exact) mass is 191 g/mol. The lowest BCUT2D eigenvalue weighted by atomic mass is 10.3. The van der Waals surface area contributed by atoms with Crippen molar-refractivity contribution in [1.82, 2.24) is 5.32 Å². The summed E-state index contributed by atoms with van der Waals surface area (Å²) < 4.78 is 1.14. The van der Waals surface area contributed by atoms with E-state index in [1.807, 2.05) is 0 Å². The van der Waals surface area contributed by atoms with Gasteiger partial charge in [0.25, 0.3) is 0 Å². The molecule has 0 radical (unpaired) electrons. The fraction of sp³-hybridized carbons (Fsp3) is 1.00. The van der Waals surface area contributed by atoms with Crippen LogP contribution in [0.3, 0.4) is 0 Å². The summed E-state index contributed by atoms with van der Waals surface area (Å²) in [4.78, 5) is 0. The van der Waals surface area contributed by atoms with Crippen LogP contribution < -0.4 is 5.32 Å². The van der Waals surface area contributed by atoms with Crippen LogP contribution in [0.4, 0.5) is 0 Å². The van der Waals surface area contributed by atoms with Gasteiger partial charge in [-0.15, -0.1) is 0 Å². The second-order valence-electron chi connectivity index (χ2n) is 3.89. The van der Waals surface area contributed by atoms with Crippen LogP contribution in [-0.4, -0.2) is 44.1 Å². The van der Waals surface area contributed by atoms with Crippen molar-refractivity contribution in [3.05, 3.63) is 0 Å². The Bertz CT molecular complexity index is 105. The quantitative estimate of drug-likeness (QED) is 0.268. The molecule has 74 valence electrons. The second kappa shape index (κ2) is 6.75. The maximum atomic E-state index is 4.09. The summed E-state index contributed by atoms with van der Waals surface area (Å²) >= 11 is 4.09. The number of hydrogen-bond donors (Lipinski definition) is 2. The van der Waals surface area contributed by atoms with Crippen LogP contribution >= 0.6 is 12.6 Å². The van der Waals surface area contributed by atoms with Crippen LogP contribution in [0.1, 0.15) is 19.8 Å². The van der Waals surface area contributed by atoms with Gasteiger partial charge in [-0.3, -0.25) is 0 Å². The third-order valence-corrected chi connectivity index (χ3v) is 2.28. The van der Waals surface area contributed by atoms with Crippen LogP contribution in [0.2, 0.25) is 0 Å². The van der Waals surface area contributed by atoms with Crippen molar-refractivity contribution in [2.75, 3.05) is 39.6 Å². The van der Waals surface area contributed by atoms with Gasteiger partial charge in [-0.05, 0) is 6.42 Å². The van der Waals surface area contributed by atoms with Crippen molar-refractivity contribution in [2.24, 2.45) is 0 Å². The second-order valence-corrected chi connectivity index (χ2v) is 4.21. The van der Waals surface area contributed by atoms with Crippen LogP contribution in [0.5, 0.6) is 0 Å². The standard InChI is InChI=1S/C9H22N2S/c1-4-7-11(2,3)8-5-6-10-9-12/h10H,4-9H2,1-3H3/p+1. The average Bonchev–Trinajstić information content (AvgIpc) is 1.98. The Balaban J connectivity index is 3.33. The van der Waals surface area contributed by atoms with E-state index < -0.39 is 0 Å². The highest BCUT2D eigenvalue weighted by atomic mass is 32.1. The average molecular weight is 191 g/mol. The SMILES string of the molecule is CCC[N+](C)(C)CCCNCS. The van der Waals surface area contributed by atoms with E-state index in [-0.39, 0.29) is 0 Å². The fourth-order valence-corrected chi connectivity index (χ4v) is 1.59. The van der Waals surface area contributed by atoms with Gasteiger partial charge in [-0.25, -0.2) is 0 Å². The molecule has 0 aliphatic rings. The van der Waals surface area contributed by atoms with Crippen LogP contribution in [0.25, 0.3) is 0 Å². The molecule has 0 saturated carbocycles. The molecule has 0 aromatic carbocycles. The Morgan fingerprint density at radius 1 is 1.25 bits per heavy atom. The topological polar surface area (TPSA) is 12.0 Å². The summed E-state index contributed by atoms with van der Waals surface area (Å²) in [5, 5.41) is 3.22. The van der Waals surface area contributed by atoms with Crippen molar-refractivity contribution in [3.63, 3.8) is 0 Å². The molecule has 0 aliphatic carbocycles. The number of thiol groups is 1. The van der Waals surface area contributed by atoms with Crippen LogP contribution in [-0.2, 0) is 0 Å². The van der Waals surface area contributed by atoms with Crippen molar-refractivity contribution in [3.8, 4) is 0 Å². The highest BCUT2D eigenvalue weighted by Gasteiger charge is 2.11. The van der Waals surface area contributed by atoms with Gasteiger partial charge in [-0.1, -0.05) is 6.92 Å². The van der Waals surface area contributed by atoms with E-state index in [1.54, 1.807) is 0 Å². The zero-order valence-electron chi connectivity index (χ0n) is 8.64. The number of hydrogen-bond acceptors (Lipinski definition) is 2. The van der Waals surface area contributed by atoms with E-state index in [1.165, 1.54) is 25.9 Å². The first-order valence-electron chi connectivity index (χ1n) is 4.76. The number of nitrogens with one attached hydrogen (secondary N) is 1. The van der Waals surface area contributed by atoms with Crippen molar-refractivity contribution >= 4 is 12.6 Å². The molecule has 0 fully saturated rings. The molecule has 0 rings (SSSR count). The molecule has 0 unspecified atom stereocenters. The highest BCUT2D eigenvalue weighted by Crippen LogP contribution is 2.00. The van der Waals surface area contributed by atoms with Crippen molar-refractivity contribution in [1.29, 1.82) is 0 Å². The minimum absolute atomic E-state index is 0.793. The molecule has 0 aromatic rings. The van der Waals surface area contributed by atoms with E-state index in [2.05, 4.69) is 39.0 Å². The first kappa shape index (κ1) is 12.3. The number of nitrogens with zero attached hydrogens (tertiary/aromatic N) is 1. The predicted molar refractivity (Wildman–Crippen MR) is 58.6 cm³/mol. The smallest absolute Gasteiger partial charge is 0.0794 e. The Kier molecular flexibility index (Phi) is 6.90. The molecule has 0 atom stereocenters. The molecule has 0 aliphatic heterocycles. The van der Waals surface area contributed by atoms with E-state index in [0.29, 0.717) is 0 Å². The molecule has 2 nitrogen and oxygen atoms in total. The Hall–Kier alpha value is 0.270. The maximum absolute atomic E-state index is 4.09. The molecule has 1 N–H and O–H groups in total. The van der Waals surface area contributed by atoms with Gasteiger partial charge in [0, 0.05) is 18.8 Å². The molecule has 0 amide bonds. The van der Waals surface area contributed by atoms with E-state index >= 15 is 0 Å². The van der Waals surface area contributed by atoms with Gasteiger partial charge in [0.15, 0.2) is 0 Å². The lowest BCUT2D eigenvalue weighted by molar-refractivity contribution is -0.890. The molecule has 12 heavy (non-hydrogen) atoms. The molecule has 0 spiro atoms. The lowest BCUT2D eigenvalue weighted by Gasteiger charge is -2.29. The molecule has 0 saturated heterocycles. The normalized spacial score (nSPS) is 12.0. The van der Waals surface area contributed by atoms with E-state index in [0.717, 1.165) is 16.9 Å². The Morgan fingerprint density at radius 2 is 1.92 bits per heavy atom. The van der Waals surface area contributed by atoms with Crippen molar-refractivity contribution in [2.45, 2.75) is 19.8 Å². The first-order valence-corrected chi connectivity index (χ1v) is 5.39. The summed E-state index contributed by atoms with van der Waals surface area (Å²) in [5.41, 5.74) is 0. The minimum atomic E-state index is 0.793. The summed E-state index contributed by atoms with van der Waals surface area (Å²) in [7, 11) is 4.59. The third kappa shape index (κ3) is 6.95. The summed E-state index contributed by atoms with van der Waals surface area (Å²) in [5.74, 6) is 0.793. The van der Waals surface area contributed by atoms with Crippen LogP contribution in [0.15, 0.2) is 0 Å². The molecular formula is C9H23N2S+. The van der Waals surface area contributed by atoms with E-state index in [4.69, 9.17) is 0 Å². The summed E-state index contributed by atoms with van der Waals surface area (Å²) in [6.45, 7) is 5.87. The van der Waals surface area contributed by atoms with Crippen LogP contribution in [0, 0.1) is 0 Å². The van der Waals surface area contributed by atoms with Gasteiger partial charge in [0.2, 0.25) is 0 Å². The van der Waals surface area contributed by atoms with Gasteiger partial charge in [-0.2, -0.15) is 12.6 Å². The summed E-state index contributed by atoms with van der Waals surface area (Å²) in [6.07, 6.45) is 2.51. The van der Waals surface area contributed by atoms with Gasteiger partial charge in [0.05, 0.1) is 27.2 Å². The third-order valence-electron chi connectivity index (χ3n) is 2.06. The first-order chi connectivity index (χ1) is 5.62. The summed E-state index contributed by atoms with van der Waals surface area (Å²) in [6, 6.07) is 0. The zero-order chi connectivity index (χ0) is 9.45. The minimum Gasteiger partial charge on any atom is -0.328 e. The fourth-order valence-electron chi connectivity index (χ4n) is 1.43. The zero-order valence-corrected chi connectivity index (χ0v) is 9.53. The molecule has 0 bridgehead atoms. The van der Waals surface area contributed by atoms with Gasteiger partial charge >= 0.3 is 0 Å². The highest BCUT2D eigenvalue weighted by molar-refractivity contribution is 7.80. The number of quaternary nitrogens is 1. The Labute approximate surface area is 82.3 Å². The number of rotatable bonds is 7. The largest absolute Gasteiger partial charge is 0.328 e. The van der Waals surface area contributed by atoms with Gasteiger partial charge in [0.1, 0.15) is 0 Å². The van der Waals surface area contributed by atoms with Gasteiger partial charge < -0.3 is 9.80 Å². The predicted octanol–water partition coefficient (Wildman–Crippen LogP) is 1.34. The molecular weight excluding hydrogens is 168 g/mol. The molecule has 3 heteroatoms. The van der Waals surface area contributed by atoms with Crippen molar-refractivity contribution < 1.29 is 4.48 Å². The molecule has 0 aromatic heterocycles. The van der Waals surface area contributed by atoms with E-state index in [9.17, 15) is 0 Å². The molecule has 0 heterocycles.